The van der Waals surface area contributed by atoms with E-state index in [1.807, 2.05) is 6.92 Å². The Morgan fingerprint density at radius 2 is 2.08 bits per heavy atom. The second-order valence-electron chi connectivity index (χ2n) is 11.5. The first-order valence-corrected chi connectivity index (χ1v) is 14.4. The molecule has 5 atom stereocenters. The summed E-state index contributed by atoms with van der Waals surface area (Å²) < 4.78 is 10.6. The lowest BCUT2D eigenvalue weighted by molar-refractivity contribution is -0.906. The number of anilines is 1. The van der Waals surface area contributed by atoms with Gasteiger partial charge in [-0.2, -0.15) is 0 Å². The number of aromatic nitrogens is 1. The number of carbonyl (C=O) groups excluding carboxylic acids is 2. The fourth-order valence-corrected chi connectivity index (χ4v) is 7.88. The number of fused-ring (bicyclic) bond motifs is 2. The van der Waals surface area contributed by atoms with E-state index in [0.29, 0.717) is 24.5 Å². The van der Waals surface area contributed by atoms with E-state index in [9.17, 15) is 19.8 Å². The molecule has 1 saturated heterocycles. The van der Waals surface area contributed by atoms with Gasteiger partial charge in [-0.1, -0.05) is 13.8 Å². The van der Waals surface area contributed by atoms with E-state index in [0.717, 1.165) is 49.8 Å². The van der Waals surface area contributed by atoms with Gasteiger partial charge in [0.2, 0.25) is 5.91 Å². The number of hydrogen-bond donors (Lipinski definition) is 5. The van der Waals surface area contributed by atoms with Crippen molar-refractivity contribution in [2.75, 3.05) is 51.3 Å². The van der Waals surface area contributed by atoms with Crippen LogP contribution in [0.15, 0.2) is 22.8 Å². The predicted octanol–water partition coefficient (Wildman–Crippen LogP) is 0.825. The lowest BCUT2D eigenvalue weighted by Crippen LogP contribution is -3.14. The van der Waals surface area contributed by atoms with Crippen molar-refractivity contribution >= 4 is 28.3 Å². The maximum Gasteiger partial charge on any atom is 0.293 e. The average Bonchev–Trinajstić information content (AvgIpc) is 3.59. The molecule has 38 heavy (non-hydrogen) atoms. The van der Waals surface area contributed by atoms with Crippen molar-refractivity contribution in [1.82, 2.24) is 10.3 Å². The van der Waals surface area contributed by atoms with E-state index in [-0.39, 0.29) is 47.9 Å². The number of nitrogens with one attached hydrogen (secondary N) is 3. The van der Waals surface area contributed by atoms with Gasteiger partial charge in [0, 0.05) is 22.6 Å². The van der Waals surface area contributed by atoms with Crippen LogP contribution in [0.2, 0.25) is 0 Å². The second-order valence-corrected chi connectivity index (χ2v) is 12.5. The van der Waals surface area contributed by atoms with Crippen LogP contribution in [0, 0.1) is 16.7 Å². The second kappa shape index (κ2) is 11.1. The number of thiazole rings is 1. The molecule has 0 unspecified atom stereocenters. The zero-order valence-electron chi connectivity index (χ0n) is 22.1. The normalized spacial score (nSPS) is 31.3. The molecular weight excluding hydrogens is 508 g/mol. The topological polar surface area (TPSA) is 138 Å². The van der Waals surface area contributed by atoms with Crippen LogP contribution >= 0.6 is 11.3 Å². The van der Waals surface area contributed by atoms with Crippen LogP contribution < -0.4 is 15.5 Å². The first kappa shape index (κ1) is 27.3. The number of aliphatic hydroxyl groups is 2. The van der Waals surface area contributed by atoms with Gasteiger partial charge in [-0.25, -0.2) is 4.98 Å². The van der Waals surface area contributed by atoms with Crippen molar-refractivity contribution in [1.29, 1.82) is 0 Å². The van der Waals surface area contributed by atoms with Crippen LogP contribution in [-0.4, -0.2) is 79.1 Å². The smallest absolute Gasteiger partial charge is 0.293 e. The highest BCUT2D eigenvalue weighted by molar-refractivity contribution is 7.15. The molecule has 11 heteroatoms. The molecule has 0 spiro atoms. The number of carbonyl (C=O) groups is 2. The molecule has 2 aromatic heterocycles. The minimum atomic E-state index is -0.694. The number of amides is 2. The van der Waals surface area contributed by atoms with E-state index in [2.05, 4.69) is 17.6 Å². The Morgan fingerprint density at radius 3 is 2.79 bits per heavy atom. The van der Waals surface area contributed by atoms with Crippen LogP contribution in [0.1, 0.15) is 60.2 Å². The van der Waals surface area contributed by atoms with Crippen molar-refractivity contribution in [2.24, 2.45) is 16.7 Å². The molecule has 10 nitrogen and oxygen atoms in total. The number of ether oxygens (including phenoxy) is 1. The number of hydrogen-bond acceptors (Lipinski definition) is 8. The molecule has 3 aliphatic rings. The molecular formula is C27H39N4O6S+. The fourth-order valence-electron chi connectivity index (χ4n) is 6.81. The molecule has 208 valence electrons. The number of nitrogens with zero attached hydrogens (tertiary/aromatic N) is 1. The van der Waals surface area contributed by atoms with E-state index in [1.165, 1.54) is 22.5 Å². The SMILES string of the molecule is C[C@]1(CO)[C@H]2Cc3sc(NC(=O)c4ccco4)nc3[C@@H](CC(=O)NCC[NH+]3CCOCC3)[C@]2(C)CC[C@H]1O. The third-order valence-corrected chi connectivity index (χ3v) is 10.3. The molecule has 2 fully saturated rings. The van der Waals surface area contributed by atoms with E-state index >= 15 is 0 Å². The maximum atomic E-state index is 13.3. The molecule has 0 bridgehead atoms. The third kappa shape index (κ3) is 5.14. The van der Waals surface area contributed by atoms with Gasteiger partial charge in [0.05, 0.1) is 51.0 Å². The first-order valence-electron chi connectivity index (χ1n) is 13.6. The summed E-state index contributed by atoms with van der Waals surface area (Å²) in [6.07, 6.45) is 3.02. The first-order chi connectivity index (χ1) is 18.2. The highest BCUT2D eigenvalue weighted by atomic mass is 32.1. The number of morpholine rings is 1. The molecule has 2 amide bonds. The zero-order chi connectivity index (χ0) is 26.9. The van der Waals surface area contributed by atoms with E-state index in [1.54, 1.807) is 12.1 Å². The summed E-state index contributed by atoms with van der Waals surface area (Å²) in [4.78, 5) is 33.2. The Balaban J connectivity index is 1.38. The minimum Gasteiger partial charge on any atom is -0.459 e. The lowest BCUT2D eigenvalue weighted by atomic mass is 9.47. The van der Waals surface area contributed by atoms with Gasteiger partial charge in [-0.05, 0) is 42.7 Å². The Kier molecular flexibility index (Phi) is 7.93. The number of rotatable bonds is 8. The number of aliphatic hydroxyl groups excluding tert-OH is 2. The maximum absolute atomic E-state index is 13.3. The van der Waals surface area contributed by atoms with Gasteiger partial charge < -0.3 is 29.6 Å². The Morgan fingerprint density at radius 1 is 1.29 bits per heavy atom. The summed E-state index contributed by atoms with van der Waals surface area (Å²) in [5.74, 6) is -0.438. The van der Waals surface area contributed by atoms with Crippen LogP contribution in [-0.2, 0) is 16.0 Å². The van der Waals surface area contributed by atoms with Gasteiger partial charge in [-0.3, -0.25) is 14.9 Å². The highest BCUT2D eigenvalue weighted by Gasteiger charge is 2.59. The number of furan rings is 1. The van der Waals surface area contributed by atoms with Gasteiger partial charge in [0.15, 0.2) is 10.9 Å². The molecule has 3 heterocycles. The summed E-state index contributed by atoms with van der Waals surface area (Å²) in [5, 5.41) is 27.8. The van der Waals surface area contributed by atoms with E-state index in [4.69, 9.17) is 14.1 Å². The van der Waals surface area contributed by atoms with E-state index < -0.39 is 11.5 Å². The Hall–Kier alpha value is -2.31. The van der Waals surface area contributed by atoms with Gasteiger partial charge >= 0.3 is 0 Å². The van der Waals surface area contributed by atoms with Crippen molar-refractivity contribution in [3.05, 3.63) is 34.7 Å². The van der Waals surface area contributed by atoms with Crippen molar-refractivity contribution in [3.63, 3.8) is 0 Å². The summed E-state index contributed by atoms with van der Waals surface area (Å²) in [7, 11) is 0. The van der Waals surface area contributed by atoms with Crippen molar-refractivity contribution < 1.29 is 33.9 Å². The average molecular weight is 548 g/mol. The molecule has 2 aromatic rings. The van der Waals surface area contributed by atoms with Gasteiger partial charge in [-0.15, -0.1) is 11.3 Å². The molecule has 5 N–H and O–H groups in total. The van der Waals surface area contributed by atoms with Gasteiger partial charge in [0.1, 0.15) is 13.1 Å². The molecule has 5 rings (SSSR count). The standard InChI is InChI=1S/C27H38N4O6S/c1-26-6-5-21(33)27(2,16-32)20(26)15-19-23(29-25(38-19)30-24(35)18-4-3-11-37-18)17(26)14-22(34)28-7-8-31-9-12-36-13-10-31/h3-4,11,17,20-21,32-33H,5-10,12-16H2,1-2H3,(H,28,34)(H,29,30,35)/p+1/t17-,20+,21-,26+,27+/m1/s1. The Labute approximate surface area is 226 Å². The zero-order valence-corrected chi connectivity index (χ0v) is 22.9. The molecule has 0 aromatic carbocycles. The molecule has 1 aliphatic heterocycles. The summed E-state index contributed by atoms with van der Waals surface area (Å²) >= 11 is 1.40. The monoisotopic (exact) mass is 547 g/mol. The number of quaternary nitrogens is 1. The van der Waals surface area contributed by atoms with Crippen LogP contribution in [0.25, 0.3) is 0 Å². The summed E-state index contributed by atoms with van der Waals surface area (Å²) in [6, 6.07) is 3.25. The van der Waals surface area contributed by atoms with Gasteiger partial charge in [0.25, 0.3) is 5.91 Å². The summed E-state index contributed by atoms with van der Waals surface area (Å²) in [5.41, 5.74) is -0.192. The predicted molar refractivity (Wildman–Crippen MR) is 141 cm³/mol. The highest BCUT2D eigenvalue weighted by Crippen LogP contribution is 2.62. The van der Waals surface area contributed by atoms with Crippen LogP contribution in [0.4, 0.5) is 5.13 Å². The quantitative estimate of drug-likeness (QED) is 0.330. The van der Waals surface area contributed by atoms with Crippen LogP contribution in [0.5, 0.6) is 0 Å². The molecule has 2 aliphatic carbocycles. The van der Waals surface area contributed by atoms with Crippen molar-refractivity contribution in [3.8, 4) is 0 Å². The Bertz CT molecular complexity index is 1130. The van der Waals surface area contributed by atoms with Crippen molar-refractivity contribution in [2.45, 2.75) is 51.6 Å². The summed E-state index contributed by atoms with van der Waals surface area (Å²) in [6.45, 7) is 8.87. The third-order valence-electron chi connectivity index (χ3n) is 9.25. The fraction of sp³-hybridized carbons (Fsp3) is 0.667. The minimum absolute atomic E-state index is 0.0264. The molecule has 1 saturated carbocycles. The molecule has 0 radical (unpaired) electrons. The lowest BCUT2D eigenvalue weighted by Gasteiger charge is -2.58. The largest absolute Gasteiger partial charge is 0.459 e. The van der Waals surface area contributed by atoms with Crippen LogP contribution in [0.3, 0.4) is 0 Å².